The minimum absolute atomic E-state index is 0.0113. The predicted octanol–water partition coefficient (Wildman–Crippen LogP) is -3.18. The third kappa shape index (κ3) is 15.4. The molecule has 0 saturated carbocycles. The summed E-state index contributed by atoms with van der Waals surface area (Å²) in [6.45, 7) is 15.6. The molecule has 0 aromatic carbocycles. The van der Waals surface area contributed by atoms with Crippen molar-refractivity contribution in [3.8, 4) is 0 Å². The van der Waals surface area contributed by atoms with E-state index in [2.05, 4.69) is 41.7 Å². The first-order chi connectivity index (χ1) is 29.6. The Morgan fingerprint density at radius 2 is 0.875 bits per heavy atom. The van der Waals surface area contributed by atoms with Crippen LogP contribution in [0.5, 0.6) is 0 Å². The molecule has 362 valence electrons. The molecule has 0 bridgehead atoms. The number of aliphatic carboxylic acids is 2. The fourth-order valence-electron chi connectivity index (χ4n) is 6.72. The lowest BCUT2D eigenvalue weighted by molar-refractivity contribution is -0.173. The number of nitrogens with zero attached hydrogens (tertiary/aromatic N) is 1. The van der Waals surface area contributed by atoms with Crippen molar-refractivity contribution < 1.29 is 72.8 Å². The molecule has 0 spiro atoms. The van der Waals surface area contributed by atoms with E-state index in [0.29, 0.717) is 0 Å². The minimum Gasteiger partial charge on any atom is -0.481 e. The number of amides is 8. The first kappa shape index (κ1) is 54.7. The molecule has 2 fully saturated rings. The number of nitrogens with two attached hydrogens (primary N) is 1. The normalized spacial score (nSPS) is 20.3. The smallest absolute Gasteiger partial charge is 0.435 e. The molecule has 13 N–H and O–H groups in total. The number of fused-ring (bicyclic) bond motifs is 1. The SMILES string of the molecule is CC(C)C[C@H](NC(=O)[C@H](CC(C)C)NC(=O)[C@H](CO)NC(=O)[C@@H](NC(=O)[C@H](C)N)C(C)C)C(=O)N[C@@H](CC(=O)O)C(=O)N[C@@H](CC(C)C)C(=O)N[C@@H](CC(=O)O)C(=O)N1[O+]2[C@@H](O)[C@]12C. The molecular weight excluding hydrogens is 846 g/mol. The minimum atomic E-state index is -1.82. The summed E-state index contributed by atoms with van der Waals surface area (Å²) in [5.41, 5.74) is 4.51. The maximum absolute atomic E-state index is 13.9. The third-order valence-electron chi connectivity index (χ3n) is 10.3. The number of aliphatic hydroxyl groups excluding tert-OH is 2. The molecule has 0 aliphatic carbocycles. The van der Waals surface area contributed by atoms with Crippen LogP contribution < -0.4 is 43.0 Å². The van der Waals surface area contributed by atoms with Crippen LogP contribution in [0, 0.1) is 23.7 Å². The van der Waals surface area contributed by atoms with E-state index in [1.54, 1.807) is 55.4 Å². The van der Waals surface area contributed by atoms with Crippen molar-refractivity contribution in [3.05, 3.63) is 0 Å². The number of nitrogens with one attached hydrogen (secondary N) is 7. The zero-order valence-electron chi connectivity index (χ0n) is 38.1. The fraction of sp³-hybridized carbons (Fsp3) is 0.750. The number of epoxide rings is 1. The Kier molecular flexibility index (Phi) is 20.0. The van der Waals surface area contributed by atoms with Crippen molar-refractivity contribution in [2.75, 3.05) is 6.61 Å². The van der Waals surface area contributed by atoms with Crippen molar-refractivity contribution in [1.82, 2.24) is 42.3 Å². The van der Waals surface area contributed by atoms with Crippen LogP contribution >= 0.6 is 0 Å². The van der Waals surface area contributed by atoms with Crippen LogP contribution in [0.15, 0.2) is 0 Å². The van der Waals surface area contributed by atoms with Gasteiger partial charge in [-0.15, -0.1) is 0 Å². The van der Waals surface area contributed by atoms with Crippen molar-refractivity contribution in [2.24, 2.45) is 29.4 Å². The van der Waals surface area contributed by atoms with Crippen LogP contribution in [0.4, 0.5) is 0 Å². The number of carboxylic acids is 2. The molecule has 64 heavy (non-hydrogen) atoms. The number of aliphatic hydroxyl groups is 2. The van der Waals surface area contributed by atoms with Gasteiger partial charge in [0.2, 0.25) is 41.4 Å². The molecule has 10 atom stereocenters. The molecule has 2 saturated heterocycles. The predicted molar refractivity (Wildman–Crippen MR) is 224 cm³/mol. The van der Waals surface area contributed by atoms with Gasteiger partial charge in [0.05, 0.1) is 32.4 Å². The monoisotopic (exact) mass is 914 g/mol. The lowest BCUT2D eigenvalue weighted by Crippen LogP contribution is -2.61. The van der Waals surface area contributed by atoms with Gasteiger partial charge in [0.25, 0.3) is 0 Å². The Labute approximate surface area is 371 Å². The first-order valence-corrected chi connectivity index (χ1v) is 21.2. The summed E-state index contributed by atoms with van der Waals surface area (Å²) in [6.07, 6.45) is -2.96. The summed E-state index contributed by atoms with van der Waals surface area (Å²) in [5.74, 6) is -11.4. The number of carboxylic acid groups (broad SMARTS) is 2. The molecule has 8 amide bonds. The number of rotatable bonds is 27. The molecular formula is C40H68N9O15+. The van der Waals surface area contributed by atoms with Gasteiger partial charge in [0, 0.05) is 0 Å². The number of carbonyl (C=O) groups is 10. The fourth-order valence-corrected chi connectivity index (χ4v) is 6.72. The summed E-state index contributed by atoms with van der Waals surface area (Å²) in [4.78, 5) is 130. The average molecular weight is 915 g/mol. The van der Waals surface area contributed by atoms with Crippen LogP contribution in [-0.4, -0.2) is 152 Å². The molecule has 0 aromatic rings. The summed E-state index contributed by atoms with van der Waals surface area (Å²) in [7, 11) is 0. The van der Waals surface area contributed by atoms with Crippen molar-refractivity contribution in [3.63, 3.8) is 0 Å². The van der Waals surface area contributed by atoms with Gasteiger partial charge < -0.3 is 63.4 Å². The van der Waals surface area contributed by atoms with E-state index in [-0.39, 0.29) is 37.0 Å². The Bertz CT molecular complexity index is 1760. The number of hydroxylamine groups is 2. The highest BCUT2D eigenvalue weighted by Crippen LogP contribution is 2.66. The standard InChI is InChI=1S/C40H67N9O15/c1-17(2)11-22(42-32(56)23(12-18(3)4)44-36(60)27(16-50)47-37(61)30(20(7)8)48-31(55)21(9)41)33(57)45-25(14-28(51)52)35(59)43-24(13-19(5)6)34(58)46-26(15-29(53)54)38(62)49-40(10)39(63)64(40)49/h17-27,30,39,50,63H,11-16,41H2,1-10H3,(H8-,42,43,44,45,46,47,48,51,52,53,54,55,56,57,58,59,60,61)/p+1/t21-,22-,23-,24-,25-,26-,27-,30-,39+,40+,49?/m0/s1. The second-order valence-electron chi connectivity index (χ2n) is 18.0. The lowest BCUT2D eigenvalue weighted by Gasteiger charge is -2.29. The van der Waals surface area contributed by atoms with Gasteiger partial charge in [0.15, 0.2) is 0 Å². The van der Waals surface area contributed by atoms with Crippen molar-refractivity contribution in [1.29, 1.82) is 0 Å². The van der Waals surface area contributed by atoms with Gasteiger partial charge in [-0.25, -0.2) is 4.47 Å². The van der Waals surface area contributed by atoms with Crippen LogP contribution in [0.2, 0.25) is 0 Å². The maximum Gasteiger partial charge on any atom is 0.435 e. The Morgan fingerprint density at radius 3 is 1.20 bits per heavy atom. The van der Waals surface area contributed by atoms with Crippen LogP contribution in [0.3, 0.4) is 0 Å². The van der Waals surface area contributed by atoms with Gasteiger partial charge in [-0.05, 0) is 54.9 Å². The van der Waals surface area contributed by atoms with Gasteiger partial charge in [-0.3, -0.25) is 47.9 Å². The largest absolute Gasteiger partial charge is 0.481 e. The van der Waals surface area contributed by atoms with E-state index in [0.717, 1.165) is 5.06 Å². The van der Waals surface area contributed by atoms with Crippen molar-refractivity contribution in [2.45, 2.75) is 162 Å². The van der Waals surface area contributed by atoms with E-state index in [1.165, 1.54) is 13.8 Å². The van der Waals surface area contributed by atoms with Crippen LogP contribution in [0.25, 0.3) is 0 Å². The number of hydrogen-bond donors (Lipinski definition) is 12. The van der Waals surface area contributed by atoms with Crippen molar-refractivity contribution >= 4 is 59.2 Å². The maximum atomic E-state index is 13.9. The summed E-state index contributed by atoms with van der Waals surface area (Å²) >= 11 is 0. The number of hydrogen-bond acceptors (Lipinski definition) is 13. The highest BCUT2D eigenvalue weighted by Gasteiger charge is 3.01. The molecule has 2 heterocycles. The van der Waals surface area contributed by atoms with Crippen LogP contribution in [-0.2, 0) is 52.4 Å². The summed E-state index contributed by atoms with van der Waals surface area (Å²) in [6, 6.07) is -11.3. The van der Waals surface area contributed by atoms with Crippen LogP contribution in [0.1, 0.15) is 101 Å². The van der Waals surface area contributed by atoms with E-state index in [4.69, 9.17) is 5.73 Å². The lowest BCUT2D eigenvalue weighted by atomic mass is 9.99. The van der Waals surface area contributed by atoms with Gasteiger partial charge in [-0.1, -0.05) is 55.4 Å². The summed E-state index contributed by atoms with van der Waals surface area (Å²) in [5, 5.41) is 57.0. The molecule has 0 aromatic heterocycles. The average Bonchev–Trinajstić information content (AvgIpc) is 3.99. The summed E-state index contributed by atoms with van der Waals surface area (Å²) < 4.78 is 2.16. The molecule has 24 nitrogen and oxygen atoms in total. The van der Waals surface area contributed by atoms with E-state index in [9.17, 15) is 68.4 Å². The van der Waals surface area contributed by atoms with Gasteiger partial charge >= 0.3 is 29.9 Å². The molecule has 24 heteroatoms. The number of carbonyl (C=O) groups excluding carboxylic acids is 8. The second kappa shape index (κ2) is 23.5. The molecule has 2 rings (SSSR count). The molecule has 0 unspecified atom stereocenters. The van der Waals surface area contributed by atoms with E-state index in [1.807, 2.05) is 0 Å². The molecule has 0 radical (unpaired) electrons. The topological polar surface area (TPSA) is 368 Å². The highest BCUT2D eigenvalue weighted by molar-refractivity contribution is 5.99. The van der Waals surface area contributed by atoms with Gasteiger partial charge in [0.1, 0.15) is 42.3 Å². The quantitative estimate of drug-likeness (QED) is 0.0286. The highest BCUT2D eigenvalue weighted by atomic mass is 17.1. The molecule has 2 aliphatic rings. The second-order valence-corrected chi connectivity index (χ2v) is 18.0. The zero-order chi connectivity index (χ0) is 49.1. The van der Waals surface area contributed by atoms with E-state index >= 15 is 0 Å². The third-order valence-corrected chi connectivity index (χ3v) is 10.3. The van der Waals surface area contributed by atoms with E-state index < -0.39 is 145 Å². The van der Waals surface area contributed by atoms with Gasteiger partial charge in [-0.2, -0.15) is 0 Å². The Hall–Kier alpha value is -5.46. The zero-order valence-corrected chi connectivity index (χ0v) is 38.1. The molecule has 2 aliphatic heterocycles. The Balaban J connectivity index is 2.28. The Morgan fingerprint density at radius 1 is 0.547 bits per heavy atom. The first-order valence-electron chi connectivity index (χ1n) is 21.2.